The van der Waals surface area contributed by atoms with E-state index in [0.717, 1.165) is 34.4 Å². The van der Waals surface area contributed by atoms with Crippen LogP contribution in [0.15, 0.2) is 36.5 Å². The molecule has 0 spiro atoms. The van der Waals surface area contributed by atoms with Crippen molar-refractivity contribution in [3.05, 3.63) is 36.5 Å². The molecule has 2 fully saturated rings. The van der Waals surface area contributed by atoms with Crippen LogP contribution in [0.4, 0.5) is 5.13 Å². The molecule has 7 heteroatoms. The molecule has 0 unspecified atom stereocenters. The average Bonchev–Trinajstić information content (AvgIpc) is 3.00. The summed E-state index contributed by atoms with van der Waals surface area (Å²) in [5, 5.41) is 3.71. The van der Waals surface area contributed by atoms with E-state index in [-0.39, 0.29) is 11.8 Å². The van der Waals surface area contributed by atoms with Crippen LogP contribution in [0.3, 0.4) is 0 Å². The van der Waals surface area contributed by atoms with E-state index in [4.69, 9.17) is 4.74 Å². The Hall–Kier alpha value is -2.51. The number of likely N-dealkylation sites (tertiary alicyclic amines) is 1. The lowest BCUT2D eigenvalue weighted by atomic mass is 10.1. The number of nitrogens with zero attached hydrogens (tertiary/aromatic N) is 3. The van der Waals surface area contributed by atoms with Gasteiger partial charge in [0.1, 0.15) is 0 Å². The first-order valence-electron chi connectivity index (χ1n) is 9.03. The number of pyridine rings is 1. The number of carbonyl (C=O) groups excluding carboxylic acids is 1. The normalized spacial score (nSPS) is 24.0. The quantitative estimate of drug-likeness (QED) is 0.753. The molecule has 5 rings (SSSR count). The Morgan fingerprint density at radius 1 is 1.22 bits per heavy atom. The fourth-order valence-electron chi connectivity index (χ4n) is 4.17. The van der Waals surface area contributed by atoms with E-state index >= 15 is 0 Å². The maximum Gasteiger partial charge on any atom is 0.229 e. The average molecular weight is 380 g/mol. The number of nitrogens with one attached hydrogen (secondary N) is 1. The molecule has 138 valence electrons. The summed E-state index contributed by atoms with van der Waals surface area (Å²) in [5.74, 6) is 1.92. The van der Waals surface area contributed by atoms with Gasteiger partial charge in [-0.3, -0.25) is 4.79 Å². The number of rotatable bonds is 4. The molecule has 1 saturated carbocycles. The Bertz CT molecular complexity index is 1020. The molecule has 1 aliphatic carbocycles. The minimum atomic E-state index is 0.122. The lowest BCUT2D eigenvalue weighted by Gasteiger charge is -2.12. The summed E-state index contributed by atoms with van der Waals surface area (Å²) >= 11 is 1.52. The highest BCUT2D eigenvalue weighted by Gasteiger charge is 2.58. The number of amides is 1. The number of hydrogen-bond acceptors (Lipinski definition) is 6. The third-order valence-electron chi connectivity index (χ3n) is 5.58. The third kappa shape index (κ3) is 2.96. The Balaban J connectivity index is 1.35. The third-order valence-corrected chi connectivity index (χ3v) is 6.51. The van der Waals surface area contributed by atoms with Gasteiger partial charge in [-0.15, -0.1) is 0 Å². The second-order valence-corrected chi connectivity index (χ2v) is 8.38. The maximum absolute atomic E-state index is 12.5. The smallest absolute Gasteiger partial charge is 0.229 e. The van der Waals surface area contributed by atoms with Gasteiger partial charge in [-0.2, -0.15) is 0 Å². The topological polar surface area (TPSA) is 67.3 Å². The minimum Gasteiger partial charge on any atom is -0.481 e. The van der Waals surface area contributed by atoms with Crippen LogP contribution in [0.2, 0.25) is 0 Å². The minimum absolute atomic E-state index is 0.122. The molecule has 3 aromatic rings. The van der Waals surface area contributed by atoms with E-state index in [1.807, 2.05) is 24.3 Å². The summed E-state index contributed by atoms with van der Waals surface area (Å²) in [5.41, 5.74) is 3.01. The predicted molar refractivity (Wildman–Crippen MR) is 106 cm³/mol. The molecule has 27 heavy (non-hydrogen) atoms. The molecule has 2 aliphatic rings. The Morgan fingerprint density at radius 2 is 2.00 bits per heavy atom. The van der Waals surface area contributed by atoms with Crippen molar-refractivity contribution in [1.82, 2.24) is 14.9 Å². The lowest BCUT2D eigenvalue weighted by molar-refractivity contribution is -0.118. The zero-order valence-corrected chi connectivity index (χ0v) is 16.0. The van der Waals surface area contributed by atoms with Crippen LogP contribution in [0.1, 0.15) is 0 Å². The van der Waals surface area contributed by atoms with Gasteiger partial charge in [0.2, 0.25) is 11.8 Å². The summed E-state index contributed by atoms with van der Waals surface area (Å²) < 4.78 is 6.26. The van der Waals surface area contributed by atoms with Crippen LogP contribution in [-0.4, -0.2) is 48.0 Å². The standard InChI is InChI=1S/C20H20N4O2S/c1-24-9-13-14(10-24)18(13)19(25)23-20-22-15-4-3-11(7-16(15)27-20)12-5-6-21-17(8-12)26-2/h3-8,13-14,18H,9-10H2,1-2H3,(H,22,23,25)/t13-,14+,18+. The largest absolute Gasteiger partial charge is 0.481 e. The zero-order chi connectivity index (χ0) is 18.5. The Morgan fingerprint density at radius 3 is 2.78 bits per heavy atom. The van der Waals surface area contributed by atoms with Crippen molar-refractivity contribution in [1.29, 1.82) is 0 Å². The number of piperidine rings is 1. The molecular weight excluding hydrogens is 360 g/mol. The highest BCUT2D eigenvalue weighted by molar-refractivity contribution is 7.22. The highest BCUT2D eigenvalue weighted by Crippen LogP contribution is 2.51. The fourth-order valence-corrected chi connectivity index (χ4v) is 5.08. The molecule has 0 bridgehead atoms. The Labute approximate surface area is 161 Å². The number of hydrogen-bond donors (Lipinski definition) is 1. The number of thiazole rings is 1. The van der Waals surface area contributed by atoms with Crippen molar-refractivity contribution in [3.63, 3.8) is 0 Å². The van der Waals surface area contributed by atoms with E-state index in [1.165, 1.54) is 11.3 Å². The van der Waals surface area contributed by atoms with E-state index in [0.29, 0.717) is 22.8 Å². The van der Waals surface area contributed by atoms with E-state index < -0.39 is 0 Å². The van der Waals surface area contributed by atoms with Crippen LogP contribution in [0.5, 0.6) is 5.88 Å². The molecule has 1 aliphatic heterocycles. The van der Waals surface area contributed by atoms with Crippen LogP contribution >= 0.6 is 11.3 Å². The van der Waals surface area contributed by atoms with Crippen LogP contribution < -0.4 is 10.1 Å². The van der Waals surface area contributed by atoms with Crippen molar-refractivity contribution in [3.8, 4) is 17.0 Å². The van der Waals surface area contributed by atoms with Gasteiger partial charge < -0.3 is 15.0 Å². The van der Waals surface area contributed by atoms with Gasteiger partial charge in [-0.25, -0.2) is 9.97 Å². The molecule has 0 radical (unpaired) electrons. The van der Waals surface area contributed by atoms with Gasteiger partial charge in [0, 0.05) is 31.3 Å². The number of methoxy groups -OCH3 is 1. The van der Waals surface area contributed by atoms with Crippen LogP contribution in [0, 0.1) is 17.8 Å². The van der Waals surface area contributed by atoms with Crippen LogP contribution in [0.25, 0.3) is 21.3 Å². The first-order chi connectivity index (χ1) is 13.1. The van der Waals surface area contributed by atoms with Gasteiger partial charge in [0.05, 0.1) is 17.3 Å². The van der Waals surface area contributed by atoms with Crippen molar-refractivity contribution < 1.29 is 9.53 Å². The molecular formula is C20H20N4O2S. The van der Waals surface area contributed by atoms with Crippen molar-refractivity contribution in [2.45, 2.75) is 0 Å². The van der Waals surface area contributed by atoms with Crippen molar-refractivity contribution in [2.75, 3.05) is 32.6 Å². The number of fused-ring (bicyclic) bond motifs is 2. The number of aromatic nitrogens is 2. The van der Waals surface area contributed by atoms with Gasteiger partial charge in [0.15, 0.2) is 5.13 Å². The fraction of sp³-hybridized carbons (Fsp3) is 0.350. The lowest BCUT2D eigenvalue weighted by Crippen LogP contribution is -2.25. The number of anilines is 1. The van der Waals surface area contributed by atoms with E-state index in [9.17, 15) is 4.79 Å². The molecule has 1 amide bonds. The van der Waals surface area contributed by atoms with E-state index in [1.54, 1.807) is 13.3 Å². The second kappa shape index (κ2) is 6.28. The summed E-state index contributed by atoms with van der Waals surface area (Å²) in [6.07, 6.45) is 1.74. The maximum atomic E-state index is 12.5. The molecule has 6 nitrogen and oxygen atoms in total. The van der Waals surface area contributed by atoms with Gasteiger partial charge in [0.25, 0.3) is 0 Å². The summed E-state index contributed by atoms with van der Waals surface area (Å²) in [7, 11) is 3.73. The van der Waals surface area contributed by atoms with Crippen LogP contribution in [-0.2, 0) is 4.79 Å². The molecule has 2 aromatic heterocycles. The molecule has 1 saturated heterocycles. The first kappa shape index (κ1) is 16.6. The van der Waals surface area contributed by atoms with Gasteiger partial charge in [-0.05, 0) is 48.2 Å². The number of carbonyl (C=O) groups is 1. The monoisotopic (exact) mass is 380 g/mol. The second-order valence-electron chi connectivity index (χ2n) is 7.35. The summed E-state index contributed by atoms with van der Waals surface area (Å²) in [6, 6.07) is 9.98. The SMILES string of the molecule is COc1cc(-c2ccc3nc(NC(=O)[C@H]4[C@@H]5CN(C)C[C@@H]54)sc3c2)ccn1. The van der Waals surface area contributed by atoms with E-state index in [2.05, 4.69) is 33.3 Å². The molecule has 1 N–H and O–H groups in total. The zero-order valence-electron chi connectivity index (χ0n) is 15.2. The first-order valence-corrected chi connectivity index (χ1v) is 9.84. The summed E-state index contributed by atoms with van der Waals surface area (Å²) in [4.78, 5) is 23.6. The predicted octanol–water partition coefficient (Wildman–Crippen LogP) is 3.11. The van der Waals surface area contributed by atoms with Crippen molar-refractivity contribution >= 4 is 32.6 Å². The molecule has 3 atom stereocenters. The number of ether oxygens (including phenoxy) is 1. The van der Waals surface area contributed by atoms with Crippen molar-refractivity contribution in [2.24, 2.45) is 17.8 Å². The molecule has 3 heterocycles. The van der Waals surface area contributed by atoms with Gasteiger partial charge in [-0.1, -0.05) is 17.4 Å². The van der Waals surface area contributed by atoms with Gasteiger partial charge >= 0.3 is 0 Å². The summed E-state index contributed by atoms with van der Waals surface area (Å²) in [6.45, 7) is 2.06. The number of benzene rings is 1. The Kier molecular flexibility index (Phi) is 3.87. The highest BCUT2D eigenvalue weighted by atomic mass is 32.1. The molecule has 1 aromatic carbocycles.